The molecule has 0 saturated carbocycles. The molecule has 1 atom stereocenters. The van der Waals surface area contributed by atoms with E-state index in [1.165, 1.54) is 6.92 Å². The van der Waals surface area contributed by atoms with Crippen LogP contribution in [0, 0.1) is 0 Å². The molecule has 0 spiro atoms. The number of ether oxygens (including phenoxy) is 1. The summed E-state index contributed by atoms with van der Waals surface area (Å²) in [6, 6.07) is 0. The Hall–Kier alpha value is -0.320. The van der Waals surface area contributed by atoms with Crippen molar-refractivity contribution in [3.05, 3.63) is 0 Å². The van der Waals surface area contributed by atoms with Crippen molar-refractivity contribution < 1.29 is 9.53 Å². The van der Waals surface area contributed by atoms with E-state index in [0.29, 0.717) is 19.7 Å². The number of halogens is 1. The Morgan fingerprint density at radius 3 is 2.73 bits per heavy atom. The van der Waals surface area contributed by atoms with Crippen LogP contribution in [0.5, 0.6) is 0 Å². The number of carbonyl (C=O) groups excluding carboxylic acids is 1. The first kappa shape index (κ1) is 10.7. The summed E-state index contributed by atoms with van der Waals surface area (Å²) in [5.74, 6) is 0.0683. The van der Waals surface area contributed by atoms with Gasteiger partial charge in [-0.1, -0.05) is 0 Å². The second-order valence-electron chi connectivity index (χ2n) is 2.37. The minimum atomic E-state index is -0.294. The Morgan fingerprint density at radius 2 is 2.36 bits per heavy atom. The maximum atomic E-state index is 10.8. The predicted molar refractivity (Wildman–Crippen MR) is 43.4 cm³/mol. The average molecular weight is 181 g/mol. The van der Waals surface area contributed by atoms with Gasteiger partial charge in [0.2, 0.25) is 5.91 Å². The van der Waals surface area contributed by atoms with E-state index < -0.39 is 0 Å². The second-order valence-corrected chi connectivity index (χ2v) is 2.37. The number of amides is 1. The van der Waals surface area contributed by atoms with Gasteiger partial charge in [0.05, 0.1) is 13.2 Å². The number of carbonyl (C=O) groups is 1. The third kappa shape index (κ3) is 3.05. The molecular formula is C6H13ClN2O2. The van der Waals surface area contributed by atoms with Crippen LogP contribution in [-0.2, 0) is 9.53 Å². The van der Waals surface area contributed by atoms with Gasteiger partial charge >= 0.3 is 0 Å². The lowest BCUT2D eigenvalue weighted by Crippen LogP contribution is -2.48. The van der Waals surface area contributed by atoms with Gasteiger partial charge in [0, 0.05) is 13.5 Å². The normalized spacial score (nSPS) is 24.2. The fourth-order valence-corrected chi connectivity index (χ4v) is 0.961. The maximum absolute atomic E-state index is 10.8. The Balaban J connectivity index is 0.000001000. The zero-order valence-electron chi connectivity index (χ0n) is 6.45. The fourth-order valence-electron chi connectivity index (χ4n) is 0.961. The van der Waals surface area contributed by atoms with Crippen LogP contribution in [0.15, 0.2) is 0 Å². The lowest BCUT2D eigenvalue weighted by Gasteiger charge is -2.29. The predicted octanol–water partition coefficient (Wildman–Crippen LogP) is -0.428. The van der Waals surface area contributed by atoms with E-state index in [0.717, 1.165) is 0 Å². The van der Waals surface area contributed by atoms with Crippen molar-refractivity contribution in [1.82, 2.24) is 4.90 Å². The van der Waals surface area contributed by atoms with Gasteiger partial charge in [-0.05, 0) is 0 Å². The zero-order valence-corrected chi connectivity index (χ0v) is 7.26. The Labute approximate surface area is 72.1 Å². The molecule has 1 saturated heterocycles. The van der Waals surface area contributed by atoms with Crippen LogP contribution in [-0.4, -0.2) is 36.7 Å². The van der Waals surface area contributed by atoms with Gasteiger partial charge in [-0.15, -0.1) is 12.4 Å². The Morgan fingerprint density at radius 1 is 1.73 bits per heavy atom. The lowest BCUT2D eigenvalue weighted by atomic mass is 10.4. The molecule has 0 aromatic heterocycles. The molecule has 0 radical (unpaired) electrons. The van der Waals surface area contributed by atoms with Crippen molar-refractivity contribution in [2.45, 2.75) is 13.2 Å². The number of hydrogen-bond donors (Lipinski definition) is 1. The number of nitrogens with zero attached hydrogens (tertiary/aromatic N) is 1. The molecule has 2 N–H and O–H groups in total. The van der Waals surface area contributed by atoms with E-state index in [4.69, 9.17) is 10.5 Å². The van der Waals surface area contributed by atoms with Gasteiger partial charge in [0.25, 0.3) is 0 Å². The van der Waals surface area contributed by atoms with Gasteiger partial charge in [0.15, 0.2) is 0 Å². The summed E-state index contributed by atoms with van der Waals surface area (Å²) in [4.78, 5) is 12.4. The van der Waals surface area contributed by atoms with Crippen molar-refractivity contribution in [2.24, 2.45) is 5.73 Å². The van der Waals surface area contributed by atoms with Crippen molar-refractivity contribution in [1.29, 1.82) is 0 Å². The third-order valence-corrected chi connectivity index (χ3v) is 1.54. The molecule has 0 bridgehead atoms. The SMILES string of the molecule is CC(=O)N1CCOC(N)C1.Cl. The van der Waals surface area contributed by atoms with Crippen LogP contribution in [0.2, 0.25) is 0 Å². The van der Waals surface area contributed by atoms with Gasteiger partial charge < -0.3 is 15.4 Å². The lowest BCUT2D eigenvalue weighted by molar-refractivity contribution is -0.136. The summed E-state index contributed by atoms with van der Waals surface area (Å²) in [5.41, 5.74) is 5.45. The highest BCUT2D eigenvalue weighted by molar-refractivity contribution is 5.85. The summed E-state index contributed by atoms with van der Waals surface area (Å²) < 4.78 is 5.04. The largest absolute Gasteiger partial charge is 0.360 e. The quantitative estimate of drug-likeness (QED) is 0.551. The second kappa shape index (κ2) is 4.54. The molecule has 11 heavy (non-hydrogen) atoms. The van der Waals surface area contributed by atoms with Gasteiger partial charge in [-0.3, -0.25) is 4.79 Å². The molecule has 1 heterocycles. The van der Waals surface area contributed by atoms with Gasteiger partial charge in [-0.25, -0.2) is 0 Å². The van der Waals surface area contributed by atoms with Crippen LogP contribution in [0.3, 0.4) is 0 Å². The number of rotatable bonds is 0. The highest BCUT2D eigenvalue weighted by Crippen LogP contribution is 1.99. The van der Waals surface area contributed by atoms with Crippen molar-refractivity contribution in [2.75, 3.05) is 19.7 Å². The molecule has 4 nitrogen and oxygen atoms in total. The standard InChI is InChI=1S/C6H12N2O2.ClH/c1-5(9)8-2-3-10-6(7)4-8;/h6H,2-4,7H2,1H3;1H. The molecule has 66 valence electrons. The highest BCUT2D eigenvalue weighted by Gasteiger charge is 2.18. The summed E-state index contributed by atoms with van der Waals surface area (Å²) in [7, 11) is 0. The molecule has 1 unspecified atom stereocenters. The van der Waals surface area contributed by atoms with E-state index in [1.54, 1.807) is 4.90 Å². The summed E-state index contributed by atoms with van der Waals surface area (Å²) >= 11 is 0. The monoisotopic (exact) mass is 180 g/mol. The van der Waals surface area contributed by atoms with E-state index >= 15 is 0 Å². The molecule has 0 aromatic carbocycles. The number of hydrogen-bond acceptors (Lipinski definition) is 3. The fraction of sp³-hybridized carbons (Fsp3) is 0.833. The molecule has 1 fully saturated rings. The molecular weight excluding hydrogens is 168 g/mol. The minimum Gasteiger partial charge on any atom is -0.360 e. The van der Waals surface area contributed by atoms with Gasteiger partial charge in [0.1, 0.15) is 6.23 Å². The Kier molecular flexibility index (Phi) is 4.40. The molecule has 0 aromatic rings. The maximum Gasteiger partial charge on any atom is 0.219 e. The van der Waals surface area contributed by atoms with Crippen LogP contribution in [0.25, 0.3) is 0 Å². The number of morpholine rings is 1. The first-order valence-corrected chi connectivity index (χ1v) is 3.33. The van der Waals surface area contributed by atoms with Crippen LogP contribution in [0.1, 0.15) is 6.92 Å². The van der Waals surface area contributed by atoms with Crippen molar-refractivity contribution >= 4 is 18.3 Å². The van der Waals surface area contributed by atoms with Crippen molar-refractivity contribution in [3.8, 4) is 0 Å². The molecule has 1 aliphatic heterocycles. The van der Waals surface area contributed by atoms with E-state index in [1.807, 2.05) is 0 Å². The minimum absolute atomic E-state index is 0. The number of nitrogens with two attached hydrogens (primary N) is 1. The third-order valence-electron chi connectivity index (χ3n) is 1.54. The Bertz CT molecular complexity index is 143. The molecule has 0 aliphatic carbocycles. The highest BCUT2D eigenvalue weighted by atomic mass is 35.5. The van der Waals surface area contributed by atoms with Crippen LogP contribution in [0.4, 0.5) is 0 Å². The molecule has 1 amide bonds. The first-order valence-electron chi connectivity index (χ1n) is 3.33. The van der Waals surface area contributed by atoms with Crippen LogP contribution >= 0.6 is 12.4 Å². The summed E-state index contributed by atoms with van der Waals surface area (Å²) in [5, 5.41) is 0. The molecule has 5 heteroatoms. The van der Waals surface area contributed by atoms with E-state index in [9.17, 15) is 4.79 Å². The van der Waals surface area contributed by atoms with Gasteiger partial charge in [-0.2, -0.15) is 0 Å². The smallest absolute Gasteiger partial charge is 0.219 e. The first-order chi connectivity index (χ1) is 4.70. The van der Waals surface area contributed by atoms with Crippen molar-refractivity contribution in [3.63, 3.8) is 0 Å². The van der Waals surface area contributed by atoms with E-state index in [2.05, 4.69) is 0 Å². The van der Waals surface area contributed by atoms with E-state index in [-0.39, 0.29) is 24.5 Å². The summed E-state index contributed by atoms with van der Waals surface area (Å²) in [6.45, 7) is 3.29. The summed E-state index contributed by atoms with van der Waals surface area (Å²) in [6.07, 6.45) is -0.294. The van der Waals surface area contributed by atoms with Crippen LogP contribution < -0.4 is 5.73 Å². The molecule has 1 aliphatic rings. The molecule has 1 rings (SSSR count). The zero-order chi connectivity index (χ0) is 7.56. The topological polar surface area (TPSA) is 55.6 Å². The average Bonchev–Trinajstić information content (AvgIpc) is 1.88.